The zero-order chi connectivity index (χ0) is 18.7. The predicted octanol–water partition coefficient (Wildman–Crippen LogP) is 3.99. The van der Waals surface area contributed by atoms with E-state index in [9.17, 15) is 19.7 Å². The molecule has 3 rings (SSSR count). The Balaban J connectivity index is 1.64. The summed E-state index contributed by atoms with van der Waals surface area (Å²) in [6.45, 7) is 1.44. The van der Waals surface area contributed by atoms with Crippen molar-refractivity contribution in [3.05, 3.63) is 69.6 Å². The van der Waals surface area contributed by atoms with Crippen LogP contribution >= 0.6 is 11.3 Å². The monoisotopic (exact) mass is 370 g/mol. The maximum atomic E-state index is 12.2. The second kappa shape index (κ2) is 7.32. The molecule has 0 saturated heterocycles. The number of nitrogens with zero attached hydrogens (tertiary/aromatic N) is 1. The van der Waals surface area contributed by atoms with Gasteiger partial charge in [-0.05, 0) is 35.9 Å². The Morgan fingerprint density at radius 3 is 2.54 bits per heavy atom. The summed E-state index contributed by atoms with van der Waals surface area (Å²) >= 11 is 0.703. The Kier molecular flexibility index (Phi) is 4.94. The number of ether oxygens (including phenoxy) is 1. The highest BCUT2D eigenvalue weighted by Gasteiger charge is 2.22. The molecule has 0 saturated carbocycles. The van der Waals surface area contributed by atoms with Gasteiger partial charge in [0.05, 0.1) is 4.92 Å². The van der Waals surface area contributed by atoms with Crippen molar-refractivity contribution in [2.45, 2.75) is 13.0 Å². The van der Waals surface area contributed by atoms with Crippen molar-refractivity contribution in [2.24, 2.45) is 0 Å². The zero-order valence-electron chi connectivity index (χ0n) is 13.7. The lowest BCUT2D eigenvalue weighted by Gasteiger charge is -2.13. The molecule has 8 heteroatoms. The first-order valence-electron chi connectivity index (χ1n) is 7.69. The minimum atomic E-state index is -1.05. The highest BCUT2D eigenvalue weighted by Crippen LogP contribution is 2.25. The summed E-state index contributed by atoms with van der Waals surface area (Å²) in [7, 11) is 0. The normalized spacial score (nSPS) is 11.7. The lowest BCUT2D eigenvalue weighted by atomic mass is 10.1. The molecular weight excluding hydrogens is 356 g/mol. The van der Waals surface area contributed by atoms with Gasteiger partial charge in [-0.1, -0.05) is 41.7 Å². The topological polar surface area (TPSA) is 98.5 Å². The summed E-state index contributed by atoms with van der Waals surface area (Å²) in [5.74, 6) is -1.26. The number of nitrogens with one attached hydrogen (secondary N) is 1. The summed E-state index contributed by atoms with van der Waals surface area (Å²) in [6.07, 6.45) is -1.05. The maximum Gasteiger partial charge on any atom is 0.349 e. The van der Waals surface area contributed by atoms with E-state index < -0.39 is 22.9 Å². The molecule has 0 aliphatic carbocycles. The Hall–Kier alpha value is -3.26. The third kappa shape index (κ3) is 3.86. The first-order valence-corrected chi connectivity index (χ1v) is 8.50. The van der Waals surface area contributed by atoms with Crippen LogP contribution in [0.5, 0.6) is 0 Å². The van der Waals surface area contributed by atoms with Crippen molar-refractivity contribution >= 4 is 44.7 Å². The van der Waals surface area contributed by atoms with Crippen LogP contribution in [0.4, 0.5) is 10.7 Å². The van der Waals surface area contributed by atoms with Crippen LogP contribution < -0.4 is 5.32 Å². The van der Waals surface area contributed by atoms with Gasteiger partial charge >= 0.3 is 11.0 Å². The molecule has 0 spiro atoms. The smallest absolute Gasteiger partial charge is 0.349 e. The molecular formula is C18H14N2O5S. The van der Waals surface area contributed by atoms with Gasteiger partial charge in [-0.3, -0.25) is 14.9 Å². The van der Waals surface area contributed by atoms with E-state index in [-0.39, 0.29) is 9.88 Å². The number of amides is 1. The highest BCUT2D eigenvalue weighted by atomic mass is 32.1. The summed E-state index contributed by atoms with van der Waals surface area (Å²) in [6, 6.07) is 15.7. The van der Waals surface area contributed by atoms with Crippen LogP contribution in [0.25, 0.3) is 10.8 Å². The number of hydrogen-bond acceptors (Lipinski definition) is 6. The fraction of sp³-hybridized carbons (Fsp3) is 0.111. The van der Waals surface area contributed by atoms with Crippen LogP contribution in [-0.4, -0.2) is 22.9 Å². The van der Waals surface area contributed by atoms with Crippen LogP contribution in [0, 0.1) is 10.1 Å². The van der Waals surface area contributed by atoms with Gasteiger partial charge in [-0.2, -0.15) is 0 Å². The Morgan fingerprint density at radius 2 is 1.85 bits per heavy atom. The number of carbonyl (C=O) groups excluding carboxylic acids is 2. The number of hydrogen-bond donors (Lipinski definition) is 1. The minimum Gasteiger partial charge on any atom is -0.448 e. The van der Waals surface area contributed by atoms with Crippen molar-refractivity contribution in [3.8, 4) is 0 Å². The van der Waals surface area contributed by atoms with E-state index in [1.54, 1.807) is 6.07 Å². The number of nitro groups is 1. The number of fused-ring (bicyclic) bond motifs is 1. The van der Waals surface area contributed by atoms with E-state index in [0.29, 0.717) is 17.0 Å². The number of anilines is 1. The Labute approximate surface area is 152 Å². The lowest BCUT2D eigenvalue weighted by molar-refractivity contribution is -0.380. The van der Waals surface area contributed by atoms with E-state index in [2.05, 4.69) is 5.32 Å². The molecule has 3 aromatic rings. The lowest BCUT2D eigenvalue weighted by Crippen LogP contribution is -2.29. The van der Waals surface area contributed by atoms with Crippen LogP contribution in [0.1, 0.15) is 16.6 Å². The van der Waals surface area contributed by atoms with E-state index in [4.69, 9.17) is 4.74 Å². The van der Waals surface area contributed by atoms with E-state index in [1.165, 1.54) is 19.1 Å². The fourth-order valence-electron chi connectivity index (χ4n) is 2.32. The molecule has 132 valence electrons. The molecule has 0 fully saturated rings. The van der Waals surface area contributed by atoms with Gasteiger partial charge in [0.15, 0.2) is 6.10 Å². The van der Waals surface area contributed by atoms with Crippen LogP contribution in [0.2, 0.25) is 0 Å². The minimum absolute atomic E-state index is 0.0713. The molecule has 1 aromatic heterocycles. The average Bonchev–Trinajstić information content (AvgIpc) is 3.12. The van der Waals surface area contributed by atoms with Crippen LogP contribution in [-0.2, 0) is 9.53 Å². The number of benzene rings is 2. The molecule has 7 nitrogen and oxygen atoms in total. The standard InChI is InChI=1S/C18H14N2O5S/c1-11(25-18(22)15-8-9-16(26-15)20(23)24)17(21)19-14-7-6-12-4-2-3-5-13(12)10-14/h2-11H,1H3,(H,19,21)/t11-/m0/s1. The van der Waals surface area contributed by atoms with Crippen molar-refractivity contribution in [3.63, 3.8) is 0 Å². The van der Waals surface area contributed by atoms with Gasteiger partial charge in [-0.15, -0.1) is 0 Å². The average molecular weight is 370 g/mol. The molecule has 0 bridgehead atoms. The molecule has 0 aliphatic heterocycles. The van der Waals surface area contributed by atoms with Crippen LogP contribution in [0.15, 0.2) is 54.6 Å². The summed E-state index contributed by atoms with van der Waals surface area (Å²) < 4.78 is 5.09. The molecule has 0 unspecified atom stereocenters. The molecule has 1 atom stereocenters. The van der Waals surface area contributed by atoms with Crippen molar-refractivity contribution in [1.82, 2.24) is 0 Å². The van der Waals surface area contributed by atoms with Gasteiger partial charge in [0.25, 0.3) is 5.91 Å². The van der Waals surface area contributed by atoms with Crippen molar-refractivity contribution < 1.29 is 19.2 Å². The second-order valence-electron chi connectivity index (χ2n) is 5.49. The summed E-state index contributed by atoms with van der Waals surface area (Å²) in [5.41, 5.74) is 0.586. The molecule has 26 heavy (non-hydrogen) atoms. The fourth-order valence-corrected chi connectivity index (χ4v) is 3.02. The molecule has 0 radical (unpaired) electrons. The first-order chi connectivity index (χ1) is 12.4. The van der Waals surface area contributed by atoms with Gasteiger partial charge < -0.3 is 10.1 Å². The van der Waals surface area contributed by atoms with Gasteiger partial charge in [0.2, 0.25) is 0 Å². The quantitative estimate of drug-likeness (QED) is 0.416. The molecule has 1 heterocycles. The number of rotatable bonds is 5. The van der Waals surface area contributed by atoms with E-state index in [1.807, 2.05) is 36.4 Å². The molecule has 1 N–H and O–H groups in total. The number of carbonyl (C=O) groups is 2. The molecule has 0 aliphatic rings. The number of thiophene rings is 1. The summed E-state index contributed by atoms with van der Waals surface area (Å²) in [5, 5.41) is 15.2. The summed E-state index contributed by atoms with van der Waals surface area (Å²) in [4.78, 5) is 34.4. The van der Waals surface area contributed by atoms with E-state index in [0.717, 1.165) is 10.8 Å². The van der Waals surface area contributed by atoms with Gasteiger partial charge in [-0.25, -0.2) is 4.79 Å². The first kappa shape index (κ1) is 17.6. The van der Waals surface area contributed by atoms with Gasteiger partial charge in [0, 0.05) is 11.8 Å². The highest BCUT2D eigenvalue weighted by molar-refractivity contribution is 7.17. The van der Waals surface area contributed by atoms with E-state index >= 15 is 0 Å². The van der Waals surface area contributed by atoms with Crippen LogP contribution in [0.3, 0.4) is 0 Å². The third-order valence-electron chi connectivity index (χ3n) is 3.64. The Morgan fingerprint density at radius 1 is 1.12 bits per heavy atom. The van der Waals surface area contributed by atoms with Crippen molar-refractivity contribution in [1.29, 1.82) is 0 Å². The molecule has 1 amide bonds. The zero-order valence-corrected chi connectivity index (χ0v) is 14.5. The van der Waals surface area contributed by atoms with Crippen molar-refractivity contribution in [2.75, 3.05) is 5.32 Å². The largest absolute Gasteiger partial charge is 0.448 e. The maximum absolute atomic E-state index is 12.2. The number of esters is 1. The second-order valence-corrected chi connectivity index (χ2v) is 6.56. The third-order valence-corrected chi connectivity index (χ3v) is 4.66. The predicted molar refractivity (Wildman–Crippen MR) is 98.4 cm³/mol. The molecule has 2 aromatic carbocycles. The van der Waals surface area contributed by atoms with Gasteiger partial charge in [0.1, 0.15) is 4.88 Å². The Bertz CT molecular complexity index is 998. The SMILES string of the molecule is C[C@H](OC(=O)c1ccc([N+](=O)[O-])s1)C(=O)Nc1ccc2ccccc2c1.